The molecule has 0 aliphatic carbocycles. The van der Waals surface area contributed by atoms with Crippen LogP contribution in [0.15, 0.2) is 48.5 Å². The van der Waals surface area contributed by atoms with Gasteiger partial charge in [-0.3, -0.25) is 9.59 Å². The molecule has 0 aliphatic heterocycles. The lowest BCUT2D eigenvalue weighted by Gasteiger charge is -2.21. The molecule has 2 rings (SSSR count). The van der Waals surface area contributed by atoms with Crippen molar-refractivity contribution in [2.75, 3.05) is 5.32 Å². The predicted molar refractivity (Wildman–Crippen MR) is 87.5 cm³/mol. The Balaban J connectivity index is 2.07. The summed E-state index contributed by atoms with van der Waals surface area (Å²) >= 11 is 0. The van der Waals surface area contributed by atoms with Crippen molar-refractivity contribution in [2.45, 2.75) is 19.9 Å². The van der Waals surface area contributed by atoms with Gasteiger partial charge in [0, 0.05) is 11.3 Å². The van der Waals surface area contributed by atoms with Gasteiger partial charge in [-0.1, -0.05) is 13.8 Å². The molecule has 4 nitrogen and oxygen atoms in total. The van der Waals surface area contributed by atoms with Crippen LogP contribution in [0.1, 0.15) is 24.2 Å². The molecule has 6 heteroatoms. The van der Waals surface area contributed by atoms with Crippen molar-refractivity contribution < 1.29 is 18.4 Å². The third-order valence-electron chi connectivity index (χ3n) is 3.45. The Kier molecular flexibility index (Phi) is 5.63. The molecule has 0 spiro atoms. The van der Waals surface area contributed by atoms with Gasteiger partial charge in [0.05, 0.1) is 0 Å². The maximum atomic E-state index is 12.9. The minimum absolute atomic E-state index is 0.171. The first-order chi connectivity index (χ1) is 11.4. The van der Waals surface area contributed by atoms with Crippen LogP contribution in [0.25, 0.3) is 0 Å². The Bertz CT molecular complexity index is 713. The van der Waals surface area contributed by atoms with Gasteiger partial charge < -0.3 is 10.6 Å². The van der Waals surface area contributed by atoms with Crippen molar-refractivity contribution in [1.29, 1.82) is 0 Å². The van der Waals surface area contributed by atoms with E-state index in [1.165, 1.54) is 48.5 Å². The lowest BCUT2D eigenvalue weighted by molar-refractivity contribution is -0.118. The number of nitrogens with one attached hydrogen (secondary N) is 2. The lowest BCUT2D eigenvalue weighted by Crippen LogP contribution is -2.47. The fourth-order valence-corrected chi connectivity index (χ4v) is 2.11. The van der Waals surface area contributed by atoms with Crippen LogP contribution in [0.4, 0.5) is 14.5 Å². The van der Waals surface area contributed by atoms with Gasteiger partial charge in [-0.15, -0.1) is 0 Å². The van der Waals surface area contributed by atoms with Crippen LogP contribution in [0.5, 0.6) is 0 Å². The molecule has 0 saturated heterocycles. The van der Waals surface area contributed by atoms with Crippen LogP contribution >= 0.6 is 0 Å². The zero-order chi connectivity index (χ0) is 17.7. The number of halogens is 2. The summed E-state index contributed by atoms with van der Waals surface area (Å²) in [5, 5.41) is 5.27. The molecular formula is C18H18F2N2O2. The van der Waals surface area contributed by atoms with Crippen molar-refractivity contribution in [3.63, 3.8) is 0 Å². The molecule has 0 radical (unpaired) electrons. The molecule has 0 aromatic heterocycles. The molecule has 0 aliphatic rings. The molecule has 0 fully saturated rings. The number of carbonyl (C=O) groups excluding carboxylic acids is 2. The Morgan fingerprint density at radius 2 is 1.38 bits per heavy atom. The summed E-state index contributed by atoms with van der Waals surface area (Å²) in [6.07, 6.45) is 0. The highest BCUT2D eigenvalue weighted by molar-refractivity contribution is 6.01. The van der Waals surface area contributed by atoms with Crippen LogP contribution in [-0.4, -0.2) is 17.9 Å². The van der Waals surface area contributed by atoms with Gasteiger partial charge in [0.25, 0.3) is 5.91 Å². The van der Waals surface area contributed by atoms with Crippen LogP contribution in [0.3, 0.4) is 0 Å². The molecule has 1 atom stereocenters. The van der Waals surface area contributed by atoms with Gasteiger partial charge in [-0.2, -0.15) is 0 Å². The molecule has 0 heterocycles. The number of hydrogen-bond acceptors (Lipinski definition) is 2. The van der Waals surface area contributed by atoms with E-state index in [-0.39, 0.29) is 11.5 Å². The van der Waals surface area contributed by atoms with E-state index >= 15 is 0 Å². The smallest absolute Gasteiger partial charge is 0.251 e. The standard InChI is InChI=1S/C18H18F2N2O2/c1-11(2)16(18(24)21-15-9-7-14(20)8-10-15)22-17(23)12-3-5-13(19)6-4-12/h3-11,16H,1-2H3,(H,21,24)(H,22,23)/t16-/m1/s1. The van der Waals surface area contributed by atoms with Gasteiger partial charge in [-0.05, 0) is 54.4 Å². The first kappa shape index (κ1) is 17.6. The van der Waals surface area contributed by atoms with Gasteiger partial charge in [0.2, 0.25) is 5.91 Å². The molecule has 24 heavy (non-hydrogen) atoms. The summed E-state index contributed by atoms with van der Waals surface area (Å²) in [7, 11) is 0. The van der Waals surface area contributed by atoms with E-state index in [9.17, 15) is 18.4 Å². The number of hydrogen-bond donors (Lipinski definition) is 2. The first-order valence-corrected chi connectivity index (χ1v) is 7.49. The highest BCUT2D eigenvalue weighted by Gasteiger charge is 2.24. The van der Waals surface area contributed by atoms with Gasteiger partial charge in [0.15, 0.2) is 0 Å². The van der Waals surface area contributed by atoms with Crippen LogP contribution < -0.4 is 10.6 Å². The third kappa shape index (κ3) is 4.62. The number of amides is 2. The molecule has 0 saturated carbocycles. The molecule has 0 bridgehead atoms. The zero-order valence-corrected chi connectivity index (χ0v) is 13.3. The summed E-state index contributed by atoms with van der Waals surface area (Å²) in [6.45, 7) is 3.58. The van der Waals surface area contributed by atoms with Crippen LogP contribution in [0, 0.1) is 17.6 Å². The van der Waals surface area contributed by atoms with E-state index < -0.39 is 29.5 Å². The predicted octanol–water partition coefficient (Wildman–Crippen LogP) is 3.36. The molecule has 2 amide bonds. The Labute approximate surface area is 138 Å². The first-order valence-electron chi connectivity index (χ1n) is 7.49. The zero-order valence-electron chi connectivity index (χ0n) is 13.3. The van der Waals surface area contributed by atoms with Gasteiger partial charge in [0.1, 0.15) is 17.7 Å². The molecule has 126 valence electrons. The lowest BCUT2D eigenvalue weighted by atomic mass is 10.0. The molecule has 2 aromatic rings. The van der Waals surface area contributed by atoms with Gasteiger partial charge >= 0.3 is 0 Å². The summed E-state index contributed by atoms with van der Waals surface area (Å²) in [6, 6.07) is 9.61. The second-order valence-electron chi connectivity index (χ2n) is 5.70. The van der Waals surface area contributed by atoms with E-state index in [2.05, 4.69) is 10.6 Å². The fourth-order valence-electron chi connectivity index (χ4n) is 2.11. The number of carbonyl (C=O) groups is 2. The maximum absolute atomic E-state index is 12.9. The quantitative estimate of drug-likeness (QED) is 0.882. The van der Waals surface area contributed by atoms with E-state index in [1.807, 2.05) is 0 Å². The van der Waals surface area contributed by atoms with Crippen molar-refractivity contribution in [2.24, 2.45) is 5.92 Å². The summed E-state index contributed by atoms with van der Waals surface area (Å²) < 4.78 is 25.8. The summed E-state index contributed by atoms with van der Waals surface area (Å²) in [4.78, 5) is 24.6. The van der Waals surface area contributed by atoms with Crippen molar-refractivity contribution in [3.8, 4) is 0 Å². The number of anilines is 1. The highest BCUT2D eigenvalue weighted by Crippen LogP contribution is 2.12. The highest BCUT2D eigenvalue weighted by atomic mass is 19.1. The molecule has 2 N–H and O–H groups in total. The average Bonchev–Trinajstić information content (AvgIpc) is 2.54. The SMILES string of the molecule is CC(C)[C@@H](NC(=O)c1ccc(F)cc1)C(=O)Nc1ccc(F)cc1. The molecular weight excluding hydrogens is 314 g/mol. The minimum atomic E-state index is -0.785. The summed E-state index contributed by atoms with van der Waals surface area (Å²) in [5.41, 5.74) is 0.694. The van der Waals surface area contributed by atoms with E-state index in [0.717, 1.165) is 0 Å². The molecule has 0 unspecified atom stereocenters. The number of benzene rings is 2. The number of rotatable bonds is 5. The Morgan fingerprint density at radius 3 is 1.88 bits per heavy atom. The maximum Gasteiger partial charge on any atom is 0.251 e. The van der Waals surface area contributed by atoms with E-state index in [0.29, 0.717) is 5.69 Å². The second-order valence-corrected chi connectivity index (χ2v) is 5.70. The minimum Gasteiger partial charge on any atom is -0.340 e. The molecule has 2 aromatic carbocycles. The van der Waals surface area contributed by atoms with Crippen molar-refractivity contribution >= 4 is 17.5 Å². The van der Waals surface area contributed by atoms with Crippen molar-refractivity contribution in [1.82, 2.24) is 5.32 Å². The monoisotopic (exact) mass is 332 g/mol. The largest absolute Gasteiger partial charge is 0.340 e. The van der Waals surface area contributed by atoms with E-state index in [4.69, 9.17) is 0 Å². The Hall–Kier alpha value is -2.76. The van der Waals surface area contributed by atoms with E-state index in [1.54, 1.807) is 13.8 Å². The topological polar surface area (TPSA) is 58.2 Å². The summed E-state index contributed by atoms with van der Waals surface area (Å²) in [5.74, 6) is -1.90. The third-order valence-corrected chi connectivity index (χ3v) is 3.45. The second kappa shape index (κ2) is 7.68. The normalized spacial score (nSPS) is 11.9. The van der Waals surface area contributed by atoms with Gasteiger partial charge in [-0.25, -0.2) is 8.78 Å². The van der Waals surface area contributed by atoms with Crippen molar-refractivity contribution in [3.05, 3.63) is 65.7 Å². The fraction of sp³-hybridized carbons (Fsp3) is 0.222. The van der Waals surface area contributed by atoms with Crippen LogP contribution in [-0.2, 0) is 4.79 Å². The average molecular weight is 332 g/mol. The van der Waals surface area contributed by atoms with Crippen LogP contribution in [0.2, 0.25) is 0 Å². The Morgan fingerprint density at radius 1 is 0.875 bits per heavy atom.